The van der Waals surface area contributed by atoms with Crippen molar-refractivity contribution in [1.29, 1.82) is 0 Å². The van der Waals surface area contributed by atoms with Crippen LogP contribution in [0.4, 0.5) is 0 Å². The first-order chi connectivity index (χ1) is 10.6. The molecule has 0 fully saturated rings. The van der Waals surface area contributed by atoms with E-state index in [0.717, 1.165) is 13.0 Å². The number of benzene rings is 2. The molecule has 23 heavy (non-hydrogen) atoms. The number of hydrogen-bond donors (Lipinski definition) is 1. The molecule has 0 aliphatic rings. The third-order valence-electron chi connectivity index (χ3n) is 4.60. The fraction of sp³-hybridized carbons (Fsp3) is 0.400. The third kappa shape index (κ3) is 3.39. The van der Waals surface area contributed by atoms with Gasteiger partial charge in [0.25, 0.3) is 0 Å². The zero-order valence-corrected chi connectivity index (χ0v) is 15.1. The fourth-order valence-corrected chi connectivity index (χ4v) is 3.32. The highest BCUT2D eigenvalue weighted by molar-refractivity contribution is 6.08. The van der Waals surface area contributed by atoms with Gasteiger partial charge in [0.15, 0.2) is 0 Å². The maximum absolute atomic E-state index is 6.41. The van der Waals surface area contributed by atoms with Crippen LogP contribution in [0.1, 0.15) is 45.2 Å². The van der Waals surface area contributed by atoms with Crippen molar-refractivity contribution in [2.24, 2.45) is 11.7 Å². The van der Waals surface area contributed by atoms with Crippen molar-refractivity contribution in [3.63, 3.8) is 0 Å². The highest BCUT2D eigenvalue weighted by Gasteiger charge is 2.12. The van der Waals surface area contributed by atoms with E-state index in [0.29, 0.717) is 5.92 Å². The van der Waals surface area contributed by atoms with Crippen molar-refractivity contribution in [2.75, 3.05) is 0 Å². The lowest BCUT2D eigenvalue weighted by Crippen LogP contribution is -2.11. The molecule has 0 aliphatic carbocycles. The van der Waals surface area contributed by atoms with Gasteiger partial charge < -0.3 is 10.3 Å². The number of fused-ring (bicyclic) bond motifs is 3. The van der Waals surface area contributed by atoms with E-state index in [1.54, 1.807) is 0 Å². The lowest BCUT2D eigenvalue weighted by Gasteiger charge is -2.14. The van der Waals surface area contributed by atoms with Crippen LogP contribution < -0.4 is 5.73 Å². The minimum absolute atomic E-state index is 0. The predicted octanol–water partition coefficient (Wildman–Crippen LogP) is 5.67. The molecular formula is C20H27ClN2. The largest absolute Gasteiger partial charge is 0.341 e. The molecule has 3 aromatic rings. The number of aromatic nitrogens is 1. The van der Waals surface area contributed by atoms with Crippen LogP contribution in [0.5, 0.6) is 0 Å². The van der Waals surface area contributed by atoms with Gasteiger partial charge in [0.1, 0.15) is 0 Å². The number of para-hydroxylation sites is 1. The molecule has 0 spiro atoms. The molecule has 1 atom stereocenters. The average molecular weight is 331 g/mol. The molecule has 1 aromatic heterocycles. The molecule has 2 aromatic carbocycles. The second-order valence-electron chi connectivity index (χ2n) is 6.62. The molecule has 2 N–H and O–H groups in total. The van der Waals surface area contributed by atoms with E-state index in [-0.39, 0.29) is 18.4 Å². The maximum Gasteiger partial charge on any atom is 0.0491 e. The molecule has 124 valence electrons. The number of rotatable bonds is 5. The van der Waals surface area contributed by atoms with E-state index in [1.165, 1.54) is 33.8 Å². The Morgan fingerprint density at radius 2 is 1.65 bits per heavy atom. The van der Waals surface area contributed by atoms with E-state index in [4.69, 9.17) is 5.73 Å². The van der Waals surface area contributed by atoms with E-state index >= 15 is 0 Å². The fourth-order valence-electron chi connectivity index (χ4n) is 3.32. The van der Waals surface area contributed by atoms with Gasteiger partial charge in [0, 0.05) is 34.4 Å². The van der Waals surface area contributed by atoms with Crippen molar-refractivity contribution in [3.05, 3.63) is 48.0 Å². The van der Waals surface area contributed by atoms with Crippen LogP contribution in [-0.4, -0.2) is 4.57 Å². The van der Waals surface area contributed by atoms with E-state index in [1.807, 2.05) is 0 Å². The van der Waals surface area contributed by atoms with Gasteiger partial charge in [-0.3, -0.25) is 0 Å². The predicted molar refractivity (Wildman–Crippen MR) is 103 cm³/mol. The number of halogens is 1. The molecule has 0 saturated heterocycles. The van der Waals surface area contributed by atoms with Crippen molar-refractivity contribution in [1.82, 2.24) is 4.57 Å². The highest BCUT2D eigenvalue weighted by atomic mass is 35.5. The van der Waals surface area contributed by atoms with Gasteiger partial charge >= 0.3 is 0 Å². The van der Waals surface area contributed by atoms with Gasteiger partial charge in [-0.2, -0.15) is 0 Å². The molecule has 0 saturated carbocycles. The Balaban J connectivity index is 0.00000192. The molecule has 1 heterocycles. The second-order valence-corrected chi connectivity index (χ2v) is 6.62. The van der Waals surface area contributed by atoms with Gasteiger partial charge in [-0.05, 0) is 49.4 Å². The van der Waals surface area contributed by atoms with Crippen LogP contribution in [0, 0.1) is 5.92 Å². The number of nitrogens with two attached hydrogens (primary N) is 1. The monoisotopic (exact) mass is 330 g/mol. The van der Waals surface area contributed by atoms with Crippen LogP contribution >= 0.6 is 12.4 Å². The van der Waals surface area contributed by atoms with Crippen LogP contribution in [-0.2, 0) is 6.54 Å². The normalized spacial score (nSPS) is 12.7. The zero-order valence-electron chi connectivity index (χ0n) is 14.3. The summed E-state index contributed by atoms with van der Waals surface area (Å²) in [6.45, 7) is 7.70. The summed E-state index contributed by atoms with van der Waals surface area (Å²) in [5.74, 6) is 0.705. The standard InChI is InChI=1S/C20H26N2.ClH/c1-4-22-19-8-6-5-7-16(19)17-13-15(10-12-20(17)22)18(21)11-9-14(2)3;/h5-8,10,12-14,18H,4,9,11,21H2,1-3H3;1H/t18-;/m0./s1. The molecule has 0 bridgehead atoms. The summed E-state index contributed by atoms with van der Waals surface area (Å²) in [6, 6.07) is 15.5. The Kier molecular flexibility index (Phi) is 5.72. The van der Waals surface area contributed by atoms with Gasteiger partial charge in [-0.15, -0.1) is 12.4 Å². The smallest absolute Gasteiger partial charge is 0.0491 e. The van der Waals surface area contributed by atoms with E-state index in [2.05, 4.69) is 67.8 Å². The van der Waals surface area contributed by atoms with Crippen molar-refractivity contribution < 1.29 is 0 Å². The second kappa shape index (κ2) is 7.37. The van der Waals surface area contributed by atoms with Gasteiger partial charge in [-0.1, -0.05) is 38.1 Å². The topological polar surface area (TPSA) is 30.9 Å². The minimum Gasteiger partial charge on any atom is -0.341 e. The van der Waals surface area contributed by atoms with Crippen LogP contribution in [0.25, 0.3) is 21.8 Å². The first kappa shape index (κ1) is 17.8. The molecule has 2 nitrogen and oxygen atoms in total. The van der Waals surface area contributed by atoms with Gasteiger partial charge in [-0.25, -0.2) is 0 Å². The summed E-state index contributed by atoms with van der Waals surface area (Å²) < 4.78 is 2.38. The number of hydrogen-bond acceptors (Lipinski definition) is 1. The van der Waals surface area contributed by atoms with Gasteiger partial charge in [0.2, 0.25) is 0 Å². The first-order valence-electron chi connectivity index (χ1n) is 8.38. The summed E-state index contributed by atoms with van der Waals surface area (Å²) in [5, 5.41) is 2.66. The first-order valence-corrected chi connectivity index (χ1v) is 8.38. The van der Waals surface area contributed by atoms with Crippen LogP contribution in [0.15, 0.2) is 42.5 Å². The summed E-state index contributed by atoms with van der Waals surface area (Å²) in [7, 11) is 0. The minimum atomic E-state index is 0. The van der Waals surface area contributed by atoms with Crippen molar-refractivity contribution in [3.8, 4) is 0 Å². The SMILES string of the molecule is CCn1c2ccccc2c2cc([C@@H](N)CCC(C)C)ccc21.Cl. The Morgan fingerprint density at radius 3 is 2.35 bits per heavy atom. The summed E-state index contributed by atoms with van der Waals surface area (Å²) in [4.78, 5) is 0. The summed E-state index contributed by atoms with van der Waals surface area (Å²) >= 11 is 0. The zero-order chi connectivity index (χ0) is 15.7. The number of nitrogens with zero attached hydrogens (tertiary/aromatic N) is 1. The molecular weight excluding hydrogens is 304 g/mol. The quantitative estimate of drug-likeness (QED) is 0.641. The highest BCUT2D eigenvalue weighted by Crippen LogP contribution is 2.31. The molecule has 3 heteroatoms. The lowest BCUT2D eigenvalue weighted by molar-refractivity contribution is 0.507. The average Bonchev–Trinajstić information content (AvgIpc) is 2.85. The Labute approximate surface area is 145 Å². The Hall–Kier alpha value is -1.51. The molecule has 0 amide bonds. The van der Waals surface area contributed by atoms with Crippen molar-refractivity contribution in [2.45, 2.75) is 46.2 Å². The molecule has 0 aliphatic heterocycles. The van der Waals surface area contributed by atoms with Crippen molar-refractivity contribution >= 4 is 34.2 Å². The molecule has 0 radical (unpaired) electrons. The van der Waals surface area contributed by atoms with E-state index in [9.17, 15) is 0 Å². The maximum atomic E-state index is 6.41. The summed E-state index contributed by atoms with van der Waals surface area (Å²) in [5.41, 5.74) is 10.3. The van der Waals surface area contributed by atoms with Crippen LogP contribution in [0.2, 0.25) is 0 Å². The Bertz CT molecular complexity index is 789. The number of aryl methyl sites for hydroxylation is 1. The molecule has 3 rings (SSSR count). The van der Waals surface area contributed by atoms with Crippen LogP contribution in [0.3, 0.4) is 0 Å². The van der Waals surface area contributed by atoms with E-state index < -0.39 is 0 Å². The van der Waals surface area contributed by atoms with Gasteiger partial charge in [0.05, 0.1) is 0 Å². The molecule has 0 unspecified atom stereocenters. The summed E-state index contributed by atoms with van der Waals surface area (Å²) in [6.07, 6.45) is 2.23. The lowest BCUT2D eigenvalue weighted by atomic mass is 9.97. The third-order valence-corrected chi connectivity index (χ3v) is 4.60. The Morgan fingerprint density at radius 1 is 0.957 bits per heavy atom.